The lowest BCUT2D eigenvalue weighted by Gasteiger charge is -2.38. The number of hydrogen-bond donors (Lipinski definition) is 1. The van der Waals surface area contributed by atoms with Gasteiger partial charge in [-0.05, 0) is 31.1 Å². The Morgan fingerprint density at radius 3 is 2.20 bits per heavy atom. The molecule has 0 atom stereocenters. The number of likely N-dealkylation sites (N-methyl/N-ethyl adjacent to an activating group) is 1. The molecule has 0 radical (unpaired) electrons. The highest BCUT2D eigenvalue weighted by atomic mass is 32.1. The lowest BCUT2D eigenvalue weighted by atomic mass is 9.87. The summed E-state index contributed by atoms with van der Waals surface area (Å²) in [5.41, 5.74) is 0.555. The van der Waals surface area contributed by atoms with Crippen molar-refractivity contribution in [3.05, 3.63) is 0 Å². The van der Waals surface area contributed by atoms with Gasteiger partial charge in [0, 0.05) is 32.7 Å². The van der Waals surface area contributed by atoms with Crippen LogP contribution in [0.1, 0.15) is 25.7 Å². The van der Waals surface area contributed by atoms with Crippen molar-refractivity contribution in [1.82, 2.24) is 9.80 Å². The third kappa shape index (κ3) is 2.89. The Balaban J connectivity index is 1.84. The third-order valence-corrected chi connectivity index (χ3v) is 4.83. The first kappa shape index (κ1) is 11.7. The van der Waals surface area contributed by atoms with Gasteiger partial charge in [-0.2, -0.15) is 12.6 Å². The molecule has 0 spiro atoms. The maximum Gasteiger partial charge on any atom is 0.0110 e. The molecule has 88 valence electrons. The van der Waals surface area contributed by atoms with Crippen LogP contribution in [-0.4, -0.2) is 55.3 Å². The topological polar surface area (TPSA) is 6.48 Å². The predicted octanol–water partition coefficient (Wildman–Crippen LogP) is 1.72. The van der Waals surface area contributed by atoms with Crippen molar-refractivity contribution in [1.29, 1.82) is 0 Å². The highest BCUT2D eigenvalue weighted by molar-refractivity contribution is 7.80. The average Bonchev–Trinajstić information content (AvgIpc) is 2.71. The predicted molar refractivity (Wildman–Crippen MR) is 68.7 cm³/mol. The van der Waals surface area contributed by atoms with Crippen molar-refractivity contribution in [2.45, 2.75) is 25.7 Å². The van der Waals surface area contributed by atoms with Gasteiger partial charge < -0.3 is 9.80 Å². The van der Waals surface area contributed by atoms with Gasteiger partial charge in [-0.3, -0.25) is 0 Å². The van der Waals surface area contributed by atoms with Crippen molar-refractivity contribution in [2.24, 2.45) is 5.41 Å². The first-order valence-corrected chi connectivity index (χ1v) is 6.89. The Kier molecular flexibility index (Phi) is 3.97. The van der Waals surface area contributed by atoms with Crippen LogP contribution < -0.4 is 0 Å². The quantitative estimate of drug-likeness (QED) is 0.735. The van der Waals surface area contributed by atoms with Crippen molar-refractivity contribution < 1.29 is 0 Å². The summed E-state index contributed by atoms with van der Waals surface area (Å²) >= 11 is 4.58. The molecule has 0 aromatic rings. The van der Waals surface area contributed by atoms with Gasteiger partial charge in [0.05, 0.1) is 0 Å². The Hall–Kier alpha value is 0.270. The van der Waals surface area contributed by atoms with Crippen molar-refractivity contribution in [2.75, 3.05) is 45.5 Å². The maximum atomic E-state index is 4.58. The molecule has 0 amide bonds. The van der Waals surface area contributed by atoms with Gasteiger partial charge in [-0.15, -0.1) is 0 Å². The SMILES string of the molecule is CN1CCN(CC2(CS)CCCC2)CC1. The standard InChI is InChI=1S/C12H24N2S/c1-13-6-8-14(9-7-13)10-12(11-15)4-2-3-5-12/h15H,2-11H2,1H3. The lowest BCUT2D eigenvalue weighted by Crippen LogP contribution is -2.48. The van der Waals surface area contributed by atoms with Crippen LogP contribution in [0, 0.1) is 5.41 Å². The fraction of sp³-hybridized carbons (Fsp3) is 1.00. The summed E-state index contributed by atoms with van der Waals surface area (Å²) in [6.07, 6.45) is 5.66. The van der Waals surface area contributed by atoms with Crippen LogP contribution in [0.3, 0.4) is 0 Å². The van der Waals surface area contributed by atoms with E-state index in [9.17, 15) is 0 Å². The largest absolute Gasteiger partial charge is 0.304 e. The molecular weight excluding hydrogens is 204 g/mol. The minimum absolute atomic E-state index is 0.555. The van der Waals surface area contributed by atoms with E-state index in [2.05, 4.69) is 29.5 Å². The molecule has 15 heavy (non-hydrogen) atoms. The Morgan fingerprint density at radius 2 is 1.67 bits per heavy atom. The first-order chi connectivity index (χ1) is 7.24. The van der Waals surface area contributed by atoms with Crippen molar-refractivity contribution in [3.8, 4) is 0 Å². The van der Waals surface area contributed by atoms with Crippen LogP contribution in [0.2, 0.25) is 0 Å². The monoisotopic (exact) mass is 228 g/mol. The number of thiol groups is 1. The van der Waals surface area contributed by atoms with E-state index in [0.717, 1.165) is 5.75 Å². The number of nitrogens with zero attached hydrogens (tertiary/aromatic N) is 2. The minimum Gasteiger partial charge on any atom is -0.304 e. The zero-order valence-electron chi connectivity index (χ0n) is 9.91. The van der Waals surface area contributed by atoms with Crippen LogP contribution >= 0.6 is 12.6 Å². The molecule has 1 heterocycles. The smallest absolute Gasteiger partial charge is 0.0110 e. The number of rotatable bonds is 3. The summed E-state index contributed by atoms with van der Waals surface area (Å²) in [6, 6.07) is 0. The minimum atomic E-state index is 0.555. The van der Waals surface area contributed by atoms with E-state index >= 15 is 0 Å². The van der Waals surface area contributed by atoms with Gasteiger partial charge in [0.25, 0.3) is 0 Å². The van der Waals surface area contributed by atoms with Gasteiger partial charge in [0.2, 0.25) is 0 Å². The summed E-state index contributed by atoms with van der Waals surface area (Å²) in [5.74, 6) is 1.08. The van der Waals surface area contributed by atoms with Gasteiger partial charge in [0.1, 0.15) is 0 Å². The Morgan fingerprint density at radius 1 is 1.07 bits per heavy atom. The highest BCUT2D eigenvalue weighted by Crippen LogP contribution is 2.39. The van der Waals surface area contributed by atoms with E-state index in [1.165, 1.54) is 58.4 Å². The van der Waals surface area contributed by atoms with Crippen LogP contribution in [0.15, 0.2) is 0 Å². The van der Waals surface area contributed by atoms with Gasteiger partial charge in [-0.25, -0.2) is 0 Å². The molecule has 2 fully saturated rings. The molecule has 0 N–H and O–H groups in total. The lowest BCUT2D eigenvalue weighted by molar-refractivity contribution is 0.108. The van der Waals surface area contributed by atoms with E-state index in [1.54, 1.807) is 0 Å². The second-order valence-corrected chi connectivity index (χ2v) is 5.76. The maximum absolute atomic E-state index is 4.58. The Bertz CT molecular complexity index is 194. The second-order valence-electron chi connectivity index (χ2n) is 5.44. The number of piperazine rings is 1. The molecule has 1 saturated heterocycles. The Labute approximate surface area is 99.4 Å². The molecule has 3 heteroatoms. The van der Waals surface area contributed by atoms with Gasteiger partial charge >= 0.3 is 0 Å². The first-order valence-electron chi connectivity index (χ1n) is 6.26. The molecule has 2 nitrogen and oxygen atoms in total. The zero-order valence-corrected chi connectivity index (χ0v) is 10.8. The molecule has 1 saturated carbocycles. The van der Waals surface area contributed by atoms with E-state index < -0.39 is 0 Å². The average molecular weight is 228 g/mol. The molecule has 1 aliphatic heterocycles. The van der Waals surface area contributed by atoms with Crippen LogP contribution in [0.25, 0.3) is 0 Å². The molecule has 2 rings (SSSR count). The summed E-state index contributed by atoms with van der Waals surface area (Å²) in [7, 11) is 2.22. The fourth-order valence-corrected chi connectivity index (χ4v) is 3.39. The third-order valence-electron chi connectivity index (χ3n) is 4.15. The number of hydrogen-bond acceptors (Lipinski definition) is 3. The van der Waals surface area contributed by atoms with Crippen molar-refractivity contribution >= 4 is 12.6 Å². The normalized spacial score (nSPS) is 28.4. The summed E-state index contributed by atoms with van der Waals surface area (Å²) in [6.45, 7) is 6.29. The summed E-state index contributed by atoms with van der Waals surface area (Å²) in [5, 5.41) is 0. The molecule has 0 unspecified atom stereocenters. The molecular formula is C12H24N2S. The van der Waals surface area contributed by atoms with Crippen LogP contribution in [0.4, 0.5) is 0 Å². The van der Waals surface area contributed by atoms with E-state index in [4.69, 9.17) is 0 Å². The van der Waals surface area contributed by atoms with Gasteiger partial charge in [-0.1, -0.05) is 12.8 Å². The molecule has 0 aromatic heterocycles. The second kappa shape index (κ2) is 5.07. The van der Waals surface area contributed by atoms with Gasteiger partial charge in [0.15, 0.2) is 0 Å². The molecule has 2 aliphatic rings. The van der Waals surface area contributed by atoms with Crippen molar-refractivity contribution in [3.63, 3.8) is 0 Å². The summed E-state index contributed by atoms with van der Waals surface area (Å²) < 4.78 is 0. The van der Waals surface area contributed by atoms with Crippen LogP contribution in [0.5, 0.6) is 0 Å². The fourth-order valence-electron chi connectivity index (χ4n) is 2.97. The van der Waals surface area contributed by atoms with E-state index in [-0.39, 0.29) is 0 Å². The van der Waals surface area contributed by atoms with E-state index in [0.29, 0.717) is 5.41 Å². The summed E-state index contributed by atoms with van der Waals surface area (Å²) in [4.78, 5) is 5.08. The van der Waals surface area contributed by atoms with Crippen LogP contribution in [-0.2, 0) is 0 Å². The van der Waals surface area contributed by atoms with E-state index in [1.807, 2.05) is 0 Å². The highest BCUT2D eigenvalue weighted by Gasteiger charge is 2.34. The zero-order chi connectivity index (χ0) is 10.7. The molecule has 0 bridgehead atoms. The molecule has 1 aliphatic carbocycles. The molecule has 0 aromatic carbocycles.